The molecule has 0 unspecified atom stereocenters. The summed E-state index contributed by atoms with van der Waals surface area (Å²) < 4.78 is 5.65. The molecular formula is C18H19NO3S. The molecule has 1 aliphatic rings. The lowest BCUT2D eigenvalue weighted by atomic mass is 9.97. The number of thiophene rings is 1. The highest BCUT2D eigenvalue weighted by Gasteiger charge is 2.28. The van der Waals surface area contributed by atoms with Gasteiger partial charge in [0.25, 0.3) is 5.91 Å². The zero-order valence-electron chi connectivity index (χ0n) is 13.0. The molecule has 1 aromatic heterocycles. The van der Waals surface area contributed by atoms with E-state index in [-0.39, 0.29) is 17.7 Å². The second-order valence-corrected chi connectivity index (χ2v) is 6.66. The van der Waals surface area contributed by atoms with Crippen molar-refractivity contribution < 1.29 is 14.3 Å². The van der Waals surface area contributed by atoms with Crippen molar-refractivity contribution in [3.63, 3.8) is 0 Å². The first-order valence-electron chi connectivity index (χ1n) is 7.71. The summed E-state index contributed by atoms with van der Waals surface area (Å²) in [6, 6.07) is 11.3. The van der Waals surface area contributed by atoms with E-state index in [0.717, 1.165) is 22.4 Å². The van der Waals surface area contributed by atoms with Crippen molar-refractivity contribution in [2.75, 3.05) is 6.61 Å². The minimum absolute atomic E-state index is 0.0535. The SMILES string of the molecule is C[C@H](CC(=O)c1cccs1)NC(=O)[C@@H]1OCCc2ccccc21. The Labute approximate surface area is 139 Å². The molecule has 1 amide bonds. The van der Waals surface area contributed by atoms with Gasteiger partial charge in [0.05, 0.1) is 11.5 Å². The number of hydrogen-bond donors (Lipinski definition) is 1. The molecule has 1 aliphatic heterocycles. The molecule has 0 aliphatic carbocycles. The van der Waals surface area contributed by atoms with Crippen molar-refractivity contribution in [3.8, 4) is 0 Å². The fourth-order valence-corrected chi connectivity index (χ4v) is 3.47. The number of ketones is 1. The maximum Gasteiger partial charge on any atom is 0.253 e. The Hall–Kier alpha value is -1.98. The topological polar surface area (TPSA) is 55.4 Å². The summed E-state index contributed by atoms with van der Waals surface area (Å²) in [4.78, 5) is 25.3. The van der Waals surface area contributed by atoms with Gasteiger partial charge in [0.2, 0.25) is 0 Å². The summed E-state index contributed by atoms with van der Waals surface area (Å²) in [6.07, 6.45) is 0.534. The molecule has 0 radical (unpaired) electrons. The molecule has 0 fully saturated rings. The van der Waals surface area contributed by atoms with E-state index in [2.05, 4.69) is 5.32 Å². The Kier molecular flexibility index (Phi) is 4.88. The highest BCUT2D eigenvalue weighted by atomic mass is 32.1. The number of carbonyl (C=O) groups is 2. The van der Waals surface area contributed by atoms with Crippen LogP contribution in [-0.2, 0) is 16.0 Å². The van der Waals surface area contributed by atoms with Crippen LogP contribution in [0.15, 0.2) is 41.8 Å². The Morgan fingerprint density at radius 3 is 2.91 bits per heavy atom. The average Bonchev–Trinajstić information content (AvgIpc) is 3.08. The van der Waals surface area contributed by atoms with Gasteiger partial charge < -0.3 is 10.1 Å². The number of hydrogen-bond acceptors (Lipinski definition) is 4. The normalized spacial score (nSPS) is 18.0. The third kappa shape index (κ3) is 3.68. The third-order valence-corrected chi connectivity index (χ3v) is 4.82. The minimum Gasteiger partial charge on any atom is -0.363 e. The molecule has 2 aromatic rings. The van der Waals surface area contributed by atoms with E-state index >= 15 is 0 Å². The first-order chi connectivity index (χ1) is 11.1. The predicted octanol–water partition coefficient (Wildman–Crippen LogP) is 3.14. The molecule has 23 heavy (non-hydrogen) atoms. The summed E-state index contributed by atoms with van der Waals surface area (Å²) in [5.41, 5.74) is 2.08. The molecule has 5 heteroatoms. The van der Waals surface area contributed by atoms with Crippen LogP contribution < -0.4 is 5.32 Å². The number of fused-ring (bicyclic) bond motifs is 1. The number of nitrogens with one attached hydrogen (secondary N) is 1. The van der Waals surface area contributed by atoms with Gasteiger partial charge in [0.1, 0.15) is 0 Å². The van der Waals surface area contributed by atoms with E-state index in [1.165, 1.54) is 11.3 Å². The van der Waals surface area contributed by atoms with Crippen LogP contribution in [-0.4, -0.2) is 24.3 Å². The van der Waals surface area contributed by atoms with Gasteiger partial charge in [-0.25, -0.2) is 0 Å². The molecule has 120 valence electrons. The standard InChI is InChI=1S/C18H19NO3S/c1-12(11-15(20)16-7-4-10-23-16)19-18(21)17-14-6-3-2-5-13(14)8-9-22-17/h2-7,10,12,17H,8-9,11H2,1H3,(H,19,21)/t12-,17-/m1/s1. The van der Waals surface area contributed by atoms with Gasteiger partial charge in [0.15, 0.2) is 11.9 Å². The Morgan fingerprint density at radius 2 is 2.13 bits per heavy atom. The molecule has 3 rings (SSSR count). The van der Waals surface area contributed by atoms with Crippen LogP contribution in [0.3, 0.4) is 0 Å². The van der Waals surface area contributed by atoms with Gasteiger partial charge in [0, 0.05) is 12.5 Å². The Balaban J connectivity index is 1.62. The summed E-state index contributed by atoms with van der Waals surface area (Å²) in [5.74, 6) is -0.124. The van der Waals surface area contributed by atoms with E-state index in [9.17, 15) is 9.59 Å². The van der Waals surface area contributed by atoms with Gasteiger partial charge in [-0.3, -0.25) is 9.59 Å². The molecule has 1 aromatic carbocycles. The zero-order chi connectivity index (χ0) is 16.2. The van der Waals surface area contributed by atoms with Gasteiger partial charge in [-0.15, -0.1) is 11.3 Å². The van der Waals surface area contributed by atoms with Crippen LogP contribution in [0.25, 0.3) is 0 Å². The predicted molar refractivity (Wildman–Crippen MR) is 89.7 cm³/mol. The number of benzene rings is 1. The minimum atomic E-state index is -0.584. The summed E-state index contributed by atoms with van der Waals surface area (Å²) >= 11 is 1.42. The molecule has 4 nitrogen and oxygen atoms in total. The lowest BCUT2D eigenvalue weighted by Crippen LogP contribution is -2.39. The summed E-state index contributed by atoms with van der Waals surface area (Å²) in [7, 11) is 0. The van der Waals surface area contributed by atoms with Gasteiger partial charge >= 0.3 is 0 Å². The van der Waals surface area contributed by atoms with Gasteiger partial charge in [-0.2, -0.15) is 0 Å². The first kappa shape index (κ1) is 15.9. The molecular weight excluding hydrogens is 310 g/mol. The van der Waals surface area contributed by atoms with Crippen LogP contribution in [0.5, 0.6) is 0 Å². The molecule has 1 N–H and O–H groups in total. The number of rotatable bonds is 5. The number of carbonyl (C=O) groups excluding carboxylic acids is 2. The molecule has 2 heterocycles. The molecule has 0 bridgehead atoms. The van der Waals surface area contributed by atoms with Crippen molar-refractivity contribution in [1.82, 2.24) is 5.32 Å². The fraction of sp³-hybridized carbons (Fsp3) is 0.333. The first-order valence-corrected chi connectivity index (χ1v) is 8.59. The maximum atomic E-state index is 12.5. The van der Waals surface area contributed by atoms with Gasteiger partial charge in [-0.05, 0) is 35.9 Å². The lowest BCUT2D eigenvalue weighted by Gasteiger charge is -2.26. The molecule has 0 saturated carbocycles. The van der Waals surface area contributed by atoms with Crippen molar-refractivity contribution in [3.05, 3.63) is 57.8 Å². The quantitative estimate of drug-likeness (QED) is 0.858. The van der Waals surface area contributed by atoms with E-state index in [0.29, 0.717) is 13.0 Å². The van der Waals surface area contributed by atoms with Crippen LogP contribution in [0.2, 0.25) is 0 Å². The van der Waals surface area contributed by atoms with Crippen LogP contribution >= 0.6 is 11.3 Å². The Bertz CT molecular complexity index is 696. The Morgan fingerprint density at radius 1 is 1.30 bits per heavy atom. The van der Waals surface area contributed by atoms with Crippen molar-refractivity contribution in [2.45, 2.75) is 31.9 Å². The number of Topliss-reactive ketones (excluding diaryl/α,β-unsaturated/α-hetero) is 1. The van der Waals surface area contributed by atoms with Crippen molar-refractivity contribution in [1.29, 1.82) is 0 Å². The second kappa shape index (κ2) is 7.06. The monoisotopic (exact) mass is 329 g/mol. The van der Waals surface area contributed by atoms with Crippen molar-refractivity contribution in [2.24, 2.45) is 0 Å². The molecule has 2 atom stereocenters. The highest BCUT2D eigenvalue weighted by molar-refractivity contribution is 7.12. The zero-order valence-corrected chi connectivity index (χ0v) is 13.8. The van der Waals surface area contributed by atoms with Crippen LogP contribution in [0.1, 0.15) is 40.2 Å². The summed E-state index contributed by atoms with van der Waals surface area (Å²) in [6.45, 7) is 2.38. The fourth-order valence-electron chi connectivity index (χ4n) is 2.80. The largest absolute Gasteiger partial charge is 0.363 e. The van der Waals surface area contributed by atoms with Crippen LogP contribution in [0, 0.1) is 0 Å². The third-order valence-electron chi connectivity index (χ3n) is 3.91. The van der Waals surface area contributed by atoms with E-state index < -0.39 is 6.10 Å². The van der Waals surface area contributed by atoms with Gasteiger partial charge in [-0.1, -0.05) is 30.3 Å². The van der Waals surface area contributed by atoms with E-state index in [4.69, 9.17) is 4.74 Å². The van der Waals surface area contributed by atoms with Crippen LogP contribution in [0.4, 0.5) is 0 Å². The van der Waals surface area contributed by atoms with E-state index in [1.807, 2.05) is 48.7 Å². The molecule has 0 saturated heterocycles. The maximum absolute atomic E-state index is 12.5. The number of ether oxygens (including phenoxy) is 1. The van der Waals surface area contributed by atoms with Crippen molar-refractivity contribution >= 4 is 23.0 Å². The second-order valence-electron chi connectivity index (χ2n) is 5.71. The average molecular weight is 329 g/mol. The number of amides is 1. The summed E-state index contributed by atoms with van der Waals surface area (Å²) in [5, 5.41) is 4.78. The smallest absolute Gasteiger partial charge is 0.253 e. The molecule has 0 spiro atoms. The lowest BCUT2D eigenvalue weighted by molar-refractivity contribution is -0.134. The highest BCUT2D eigenvalue weighted by Crippen LogP contribution is 2.27. The van der Waals surface area contributed by atoms with E-state index in [1.54, 1.807) is 0 Å².